The Labute approximate surface area is 117 Å². The van der Waals surface area contributed by atoms with Crippen molar-refractivity contribution < 1.29 is 14.2 Å². The summed E-state index contributed by atoms with van der Waals surface area (Å²) < 4.78 is 19.0. The number of nitrogens with two attached hydrogens (primary N) is 1. The predicted octanol–water partition coefficient (Wildman–Crippen LogP) is 2.40. The number of rotatable bonds is 6. The highest BCUT2D eigenvalue weighted by atomic mass is 19.1. The van der Waals surface area contributed by atoms with E-state index < -0.39 is 0 Å². The molecule has 2 aromatic rings. The fraction of sp³-hybridized carbons (Fsp3) is 0.250. The lowest BCUT2D eigenvalue weighted by Crippen LogP contribution is -2.01. The number of hydrogen-bond acceptors (Lipinski definition) is 3. The molecule has 106 valence electrons. The molecule has 0 saturated carbocycles. The molecule has 4 heteroatoms. The zero-order chi connectivity index (χ0) is 14.4. The minimum atomic E-state index is -0.301. The third-order valence-electron chi connectivity index (χ3n) is 2.98. The quantitative estimate of drug-likeness (QED) is 0.851. The van der Waals surface area contributed by atoms with Crippen molar-refractivity contribution >= 4 is 0 Å². The first-order valence-electron chi connectivity index (χ1n) is 6.52. The maximum Gasteiger partial charge on any atom is 0.123 e. The number of aliphatic hydroxyl groups excluding tert-OH is 1. The first-order valence-corrected chi connectivity index (χ1v) is 6.52. The van der Waals surface area contributed by atoms with Crippen LogP contribution in [-0.2, 0) is 19.6 Å². The van der Waals surface area contributed by atoms with E-state index in [4.69, 9.17) is 15.6 Å². The Balaban J connectivity index is 1.99. The van der Waals surface area contributed by atoms with E-state index in [9.17, 15) is 4.39 Å². The van der Waals surface area contributed by atoms with Gasteiger partial charge in [0.1, 0.15) is 18.2 Å². The van der Waals surface area contributed by atoms with Crippen molar-refractivity contribution in [1.29, 1.82) is 0 Å². The van der Waals surface area contributed by atoms with Gasteiger partial charge in [0.05, 0.1) is 0 Å². The van der Waals surface area contributed by atoms with Gasteiger partial charge < -0.3 is 15.6 Å². The van der Waals surface area contributed by atoms with E-state index >= 15 is 0 Å². The van der Waals surface area contributed by atoms with E-state index in [1.54, 1.807) is 0 Å². The van der Waals surface area contributed by atoms with Crippen LogP contribution in [0.25, 0.3) is 0 Å². The standard InChI is InChI=1S/C16H18FNO2/c17-15-8-13(10-18)7-14(9-15)11-20-16-3-1-12(2-4-16)5-6-19/h1-4,7-9,19H,5-6,10-11,18H2. The van der Waals surface area contributed by atoms with Gasteiger partial charge in [-0.15, -0.1) is 0 Å². The fourth-order valence-electron chi connectivity index (χ4n) is 1.97. The monoisotopic (exact) mass is 275 g/mol. The van der Waals surface area contributed by atoms with Crippen LogP contribution >= 0.6 is 0 Å². The second-order valence-corrected chi connectivity index (χ2v) is 4.58. The average molecular weight is 275 g/mol. The molecule has 3 nitrogen and oxygen atoms in total. The summed E-state index contributed by atoms with van der Waals surface area (Å²) in [5, 5.41) is 8.84. The van der Waals surface area contributed by atoms with Crippen LogP contribution in [0.2, 0.25) is 0 Å². The van der Waals surface area contributed by atoms with Crippen LogP contribution in [0.5, 0.6) is 5.75 Å². The lowest BCUT2D eigenvalue weighted by atomic mass is 10.1. The van der Waals surface area contributed by atoms with Crippen molar-refractivity contribution in [2.75, 3.05) is 6.61 Å². The topological polar surface area (TPSA) is 55.5 Å². The zero-order valence-corrected chi connectivity index (χ0v) is 11.2. The van der Waals surface area contributed by atoms with Gasteiger partial charge in [-0.25, -0.2) is 4.39 Å². The molecule has 0 fully saturated rings. The number of aliphatic hydroxyl groups is 1. The Morgan fingerprint density at radius 1 is 1.00 bits per heavy atom. The first kappa shape index (κ1) is 14.5. The minimum absolute atomic E-state index is 0.130. The second-order valence-electron chi connectivity index (χ2n) is 4.58. The Morgan fingerprint density at radius 2 is 1.70 bits per heavy atom. The van der Waals surface area contributed by atoms with Gasteiger partial charge in [0, 0.05) is 13.2 Å². The largest absolute Gasteiger partial charge is 0.489 e. The Bertz CT molecular complexity index is 555. The van der Waals surface area contributed by atoms with Crippen molar-refractivity contribution in [1.82, 2.24) is 0 Å². The molecule has 0 aliphatic heterocycles. The highest BCUT2D eigenvalue weighted by Gasteiger charge is 2.02. The van der Waals surface area contributed by atoms with Gasteiger partial charge in [-0.3, -0.25) is 0 Å². The predicted molar refractivity (Wildman–Crippen MR) is 75.9 cm³/mol. The average Bonchev–Trinajstić information content (AvgIpc) is 2.46. The molecule has 0 aliphatic carbocycles. The van der Waals surface area contributed by atoms with Gasteiger partial charge in [-0.1, -0.05) is 18.2 Å². The van der Waals surface area contributed by atoms with Gasteiger partial charge in [0.15, 0.2) is 0 Å². The second kappa shape index (κ2) is 7.03. The normalized spacial score (nSPS) is 10.6. The molecule has 3 N–H and O–H groups in total. The van der Waals surface area contributed by atoms with E-state index in [-0.39, 0.29) is 12.4 Å². The number of hydrogen-bond donors (Lipinski definition) is 2. The molecule has 0 bridgehead atoms. The van der Waals surface area contributed by atoms with Gasteiger partial charge in [-0.05, 0) is 47.4 Å². The van der Waals surface area contributed by atoms with Crippen LogP contribution in [-0.4, -0.2) is 11.7 Å². The van der Waals surface area contributed by atoms with Gasteiger partial charge in [0.2, 0.25) is 0 Å². The third kappa shape index (κ3) is 4.05. The summed E-state index contributed by atoms with van der Waals surface area (Å²) in [5.41, 5.74) is 8.07. The summed E-state index contributed by atoms with van der Waals surface area (Å²) in [7, 11) is 0. The summed E-state index contributed by atoms with van der Waals surface area (Å²) in [6.45, 7) is 0.732. The van der Waals surface area contributed by atoms with Crippen LogP contribution in [0, 0.1) is 5.82 Å². The van der Waals surface area contributed by atoms with E-state index in [1.807, 2.05) is 30.3 Å². The van der Waals surface area contributed by atoms with Gasteiger partial charge >= 0.3 is 0 Å². The number of halogens is 1. The highest BCUT2D eigenvalue weighted by Crippen LogP contribution is 2.16. The molecule has 0 spiro atoms. The number of ether oxygens (including phenoxy) is 1. The van der Waals surface area contributed by atoms with Crippen molar-refractivity contribution in [3.63, 3.8) is 0 Å². The maximum atomic E-state index is 13.3. The SMILES string of the molecule is NCc1cc(F)cc(COc2ccc(CCO)cc2)c1. The third-order valence-corrected chi connectivity index (χ3v) is 2.98. The maximum absolute atomic E-state index is 13.3. The van der Waals surface area contributed by atoms with E-state index in [0.717, 1.165) is 16.7 Å². The first-order chi connectivity index (χ1) is 9.71. The molecule has 0 amide bonds. The molecular formula is C16H18FNO2. The van der Waals surface area contributed by atoms with Gasteiger partial charge in [0.25, 0.3) is 0 Å². The zero-order valence-electron chi connectivity index (χ0n) is 11.2. The summed E-state index contributed by atoms with van der Waals surface area (Å²) in [6.07, 6.45) is 0.629. The molecule has 0 aromatic heterocycles. The van der Waals surface area contributed by atoms with Crippen molar-refractivity contribution in [2.45, 2.75) is 19.6 Å². The molecular weight excluding hydrogens is 257 g/mol. The Kier molecular flexibility index (Phi) is 5.09. The summed E-state index contributed by atoms with van der Waals surface area (Å²) in [4.78, 5) is 0. The molecule has 20 heavy (non-hydrogen) atoms. The molecule has 0 unspecified atom stereocenters. The Hall–Kier alpha value is -1.91. The fourth-order valence-corrected chi connectivity index (χ4v) is 1.97. The lowest BCUT2D eigenvalue weighted by Gasteiger charge is -2.08. The van der Waals surface area contributed by atoms with Crippen molar-refractivity contribution in [3.05, 3.63) is 65.0 Å². The molecule has 0 aliphatic rings. The van der Waals surface area contributed by atoms with Crippen LogP contribution in [0.3, 0.4) is 0 Å². The highest BCUT2D eigenvalue weighted by molar-refractivity contribution is 5.29. The van der Waals surface area contributed by atoms with Crippen LogP contribution in [0.15, 0.2) is 42.5 Å². The summed E-state index contributed by atoms with van der Waals surface area (Å²) in [5.74, 6) is 0.412. The molecule has 2 aromatic carbocycles. The molecule has 0 heterocycles. The summed E-state index contributed by atoms with van der Waals surface area (Å²) >= 11 is 0. The van der Waals surface area contributed by atoms with Gasteiger partial charge in [-0.2, -0.15) is 0 Å². The van der Waals surface area contributed by atoms with E-state index in [2.05, 4.69) is 0 Å². The number of benzene rings is 2. The lowest BCUT2D eigenvalue weighted by molar-refractivity contribution is 0.298. The molecule has 2 rings (SSSR count). The molecule has 0 radical (unpaired) electrons. The minimum Gasteiger partial charge on any atom is -0.489 e. The van der Waals surface area contributed by atoms with Crippen molar-refractivity contribution in [2.24, 2.45) is 5.73 Å². The van der Waals surface area contributed by atoms with Crippen LogP contribution in [0.1, 0.15) is 16.7 Å². The molecule has 0 saturated heterocycles. The Morgan fingerprint density at radius 3 is 2.35 bits per heavy atom. The molecule has 0 atom stereocenters. The summed E-state index contributed by atoms with van der Waals surface area (Å²) in [6, 6.07) is 12.2. The van der Waals surface area contributed by atoms with E-state index in [1.165, 1.54) is 12.1 Å². The smallest absolute Gasteiger partial charge is 0.123 e. The van der Waals surface area contributed by atoms with Crippen LogP contribution in [0.4, 0.5) is 4.39 Å². The van der Waals surface area contributed by atoms with Crippen LogP contribution < -0.4 is 10.5 Å². The van der Waals surface area contributed by atoms with Crippen molar-refractivity contribution in [3.8, 4) is 5.75 Å². The van der Waals surface area contributed by atoms with E-state index in [0.29, 0.717) is 25.3 Å².